The predicted octanol–water partition coefficient (Wildman–Crippen LogP) is -0.154. The van der Waals surface area contributed by atoms with Gasteiger partial charge in [-0.1, -0.05) is 0 Å². The van der Waals surface area contributed by atoms with Gasteiger partial charge in [0.25, 0.3) is 0 Å². The molecule has 1 N–H and O–H groups in total. The Morgan fingerprint density at radius 1 is 1.75 bits per heavy atom. The summed E-state index contributed by atoms with van der Waals surface area (Å²) in [6, 6.07) is 0.0208. The van der Waals surface area contributed by atoms with Crippen molar-refractivity contribution in [2.24, 2.45) is 0 Å². The molecular weight excluding hydrogens is 104 g/mol. The maximum atomic E-state index is 10.6. The van der Waals surface area contributed by atoms with Crippen LogP contribution in [0, 0.1) is 6.42 Å². The largest absolute Gasteiger partial charge is 0.341 e. The lowest BCUT2D eigenvalue weighted by atomic mass is 10.2. The molecule has 8 heavy (non-hydrogen) atoms. The molecule has 1 aliphatic heterocycles. The molecule has 3 nitrogen and oxygen atoms in total. The third kappa shape index (κ3) is 0.757. The normalized spacial score (nSPS) is 17.4. The number of carbonyl (C=O) groups is 1. The Bertz CT molecular complexity index is 98.6. The molecule has 0 aromatic rings. The van der Waals surface area contributed by atoms with Gasteiger partial charge in [-0.25, -0.2) is 4.79 Å². The molecule has 1 saturated heterocycles. The van der Waals surface area contributed by atoms with Crippen molar-refractivity contribution < 1.29 is 4.79 Å². The molecule has 3 heteroatoms. The van der Waals surface area contributed by atoms with Crippen LogP contribution in [0.3, 0.4) is 0 Å². The first-order chi connectivity index (χ1) is 3.84. The fraction of sp³-hybridized carbons (Fsp3) is 0.600. The van der Waals surface area contributed by atoms with Crippen LogP contribution < -0.4 is 5.32 Å². The van der Waals surface area contributed by atoms with Crippen LogP contribution in [0.4, 0.5) is 4.79 Å². The van der Waals surface area contributed by atoms with Crippen LogP contribution in [-0.2, 0) is 0 Å². The Morgan fingerprint density at radius 3 is 2.50 bits per heavy atom. The first kappa shape index (κ1) is 5.41. The summed E-state index contributed by atoms with van der Waals surface area (Å²) in [6.07, 6.45) is 2.05. The molecule has 1 heterocycles. The summed E-state index contributed by atoms with van der Waals surface area (Å²) in [7, 11) is 1.64. The van der Waals surface area contributed by atoms with E-state index in [1.807, 2.05) is 0 Å². The molecule has 0 aromatic carbocycles. The summed E-state index contributed by atoms with van der Waals surface area (Å²) in [6.45, 7) is 1.61. The van der Waals surface area contributed by atoms with E-state index >= 15 is 0 Å². The van der Waals surface area contributed by atoms with Crippen molar-refractivity contribution in [1.82, 2.24) is 10.2 Å². The van der Waals surface area contributed by atoms with Crippen molar-refractivity contribution >= 4 is 6.03 Å². The van der Waals surface area contributed by atoms with Crippen LogP contribution in [0.25, 0.3) is 0 Å². The summed E-state index contributed by atoms with van der Waals surface area (Å²) < 4.78 is 0. The SMILES string of the molecule is CNC(=O)N1C[CH]C1. The minimum Gasteiger partial charge on any atom is -0.341 e. The molecule has 1 aliphatic rings. The first-order valence-corrected chi connectivity index (χ1v) is 2.63. The van der Waals surface area contributed by atoms with E-state index in [-0.39, 0.29) is 6.03 Å². The molecule has 1 rings (SSSR count). The predicted molar refractivity (Wildman–Crippen MR) is 30.3 cm³/mol. The number of rotatable bonds is 0. The fourth-order valence-corrected chi connectivity index (χ4v) is 0.582. The number of nitrogens with one attached hydrogen (secondary N) is 1. The van der Waals surface area contributed by atoms with E-state index < -0.39 is 0 Å². The van der Waals surface area contributed by atoms with Crippen molar-refractivity contribution in [2.45, 2.75) is 0 Å². The number of nitrogens with zero attached hydrogens (tertiary/aromatic N) is 1. The second-order valence-corrected chi connectivity index (χ2v) is 1.75. The van der Waals surface area contributed by atoms with E-state index in [2.05, 4.69) is 11.7 Å². The summed E-state index contributed by atoms with van der Waals surface area (Å²) >= 11 is 0. The molecule has 45 valence electrons. The smallest absolute Gasteiger partial charge is 0.317 e. The highest BCUT2D eigenvalue weighted by atomic mass is 16.2. The van der Waals surface area contributed by atoms with Gasteiger partial charge in [0.2, 0.25) is 0 Å². The van der Waals surface area contributed by atoms with E-state index in [0.717, 1.165) is 13.1 Å². The minimum atomic E-state index is 0.0208. The van der Waals surface area contributed by atoms with E-state index in [0.29, 0.717) is 0 Å². The molecule has 0 unspecified atom stereocenters. The Hall–Kier alpha value is -0.730. The second kappa shape index (κ2) is 2.03. The quantitative estimate of drug-likeness (QED) is 0.465. The highest BCUT2D eigenvalue weighted by molar-refractivity contribution is 5.75. The van der Waals surface area contributed by atoms with Crippen molar-refractivity contribution in [2.75, 3.05) is 20.1 Å². The Kier molecular flexibility index (Phi) is 1.37. The molecule has 0 spiro atoms. The minimum absolute atomic E-state index is 0.0208. The van der Waals surface area contributed by atoms with Crippen molar-refractivity contribution in [3.05, 3.63) is 6.42 Å². The Morgan fingerprint density at radius 2 is 2.38 bits per heavy atom. The van der Waals surface area contributed by atoms with E-state index in [4.69, 9.17) is 0 Å². The van der Waals surface area contributed by atoms with Gasteiger partial charge >= 0.3 is 6.03 Å². The maximum absolute atomic E-state index is 10.6. The van der Waals surface area contributed by atoms with Crippen LogP contribution in [0.15, 0.2) is 0 Å². The highest BCUT2D eigenvalue weighted by Crippen LogP contribution is 2.02. The van der Waals surface area contributed by atoms with Crippen molar-refractivity contribution in [3.63, 3.8) is 0 Å². The molecule has 0 bridgehead atoms. The molecule has 0 aliphatic carbocycles. The third-order valence-corrected chi connectivity index (χ3v) is 1.20. The zero-order chi connectivity index (χ0) is 5.98. The number of hydrogen-bond donors (Lipinski definition) is 1. The summed E-state index contributed by atoms with van der Waals surface area (Å²) in [5.41, 5.74) is 0. The Labute approximate surface area is 48.7 Å². The lowest BCUT2D eigenvalue weighted by Crippen LogP contribution is -2.47. The van der Waals surface area contributed by atoms with Gasteiger partial charge in [0, 0.05) is 26.6 Å². The fourth-order valence-electron chi connectivity index (χ4n) is 0.582. The van der Waals surface area contributed by atoms with Crippen molar-refractivity contribution in [1.29, 1.82) is 0 Å². The molecular formula is C5H9N2O. The molecule has 0 saturated carbocycles. The highest BCUT2D eigenvalue weighted by Gasteiger charge is 2.18. The number of hydrogen-bond acceptors (Lipinski definition) is 1. The van der Waals surface area contributed by atoms with Crippen LogP contribution in [0.1, 0.15) is 0 Å². The van der Waals surface area contributed by atoms with Gasteiger partial charge in [-0.05, 0) is 0 Å². The summed E-state index contributed by atoms with van der Waals surface area (Å²) in [4.78, 5) is 12.3. The molecule has 0 atom stereocenters. The zero-order valence-corrected chi connectivity index (χ0v) is 4.85. The molecule has 1 radical (unpaired) electrons. The van der Waals surface area contributed by atoms with Gasteiger partial charge in [0.15, 0.2) is 0 Å². The average molecular weight is 113 g/mol. The van der Waals surface area contributed by atoms with E-state index in [1.165, 1.54) is 0 Å². The van der Waals surface area contributed by atoms with Gasteiger partial charge in [-0.3, -0.25) is 0 Å². The summed E-state index contributed by atoms with van der Waals surface area (Å²) in [5, 5.41) is 2.53. The number of carbonyl (C=O) groups excluding carboxylic acids is 1. The van der Waals surface area contributed by atoms with Crippen LogP contribution >= 0.6 is 0 Å². The molecule has 0 aromatic heterocycles. The van der Waals surface area contributed by atoms with Gasteiger partial charge < -0.3 is 10.2 Å². The van der Waals surface area contributed by atoms with Crippen molar-refractivity contribution in [3.8, 4) is 0 Å². The van der Waals surface area contributed by atoms with Gasteiger partial charge in [0.05, 0.1) is 0 Å². The summed E-state index contributed by atoms with van der Waals surface area (Å²) in [5.74, 6) is 0. The van der Waals surface area contributed by atoms with Crippen LogP contribution in [0.5, 0.6) is 0 Å². The lowest BCUT2D eigenvalue weighted by Gasteiger charge is -2.29. The molecule has 1 fully saturated rings. The third-order valence-electron chi connectivity index (χ3n) is 1.20. The van der Waals surface area contributed by atoms with E-state index in [1.54, 1.807) is 11.9 Å². The van der Waals surface area contributed by atoms with Gasteiger partial charge in [-0.15, -0.1) is 0 Å². The lowest BCUT2D eigenvalue weighted by molar-refractivity contribution is 0.191. The monoisotopic (exact) mass is 113 g/mol. The van der Waals surface area contributed by atoms with Gasteiger partial charge in [0.1, 0.15) is 0 Å². The second-order valence-electron chi connectivity index (χ2n) is 1.75. The maximum Gasteiger partial charge on any atom is 0.317 e. The van der Waals surface area contributed by atoms with Gasteiger partial charge in [-0.2, -0.15) is 0 Å². The molecule has 2 amide bonds. The standard InChI is InChI=1S/C5H9N2O/c1-6-5(8)7-3-2-4-7/h2H,3-4H2,1H3,(H,6,8). The van der Waals surface area contributed by atoms with Crippen LogP contribution in [0.2, 0.25) is 0 Å². The topological polar surface area (TPSA) is 32.3 Å². The number of urea groups is 1. The van der Waals surface area contributed by atoms with Crippen LogP contribution in [-0.4, -0.2) is 31.1 Å². The first-order valence-electron chi connectivity index (χ1n) is 2.63. The number of amides is 2. The number of likely N-dealkylation sites (tertiary alicyclic amines) is 1. The Balaban J connectivity index is 2.24. The zero-order valence-electron chi connectivity index (χ0n) is 4.85. The van der Waals surface area contributed by atoms with E-state index in [9.17, 15) is 4.79 Å². The average Bonchev–Trinajstić information content (AvgIpc) is 1.62.